The monoisotopic (exact) mass is 546 g/mol. The van der Waals surface area contributed by atoms with Gasteiger partial charge in [-0.05, 0) is 55.9 Å². The molecule has 0 aliphatic rings. The summed E-state index contributed by atoms with van der Waals surface area (Å²) in [5, 5.41) is 8.96. The van der Waals surface area contributed by atoms with Gasteiger partial charge in [-0.1, -0.05) is 39.0 Å². The summed E-state index contributed by atoms with van der Waals surface area (Å²) in [6.07, 6.45) is 4.43. The number of anilines is 1. The van der Waals surface area contributed by atoms with Crippen LogP contribution >= 0.6 is 11.9 Å². The van der Waals surface area contributed by atoms with E-state index in [0.29, 0.717) is 25.0 Å². The van der Waals surface area contributed by atoms with Crippen molar-refractivity contribution in [2.45, 2.75) is 65.6 Å². The first-order valence-corrected chi connectivity index (χ1v) is 13.9. The first-order valence-electron chi connectivity index (χ1n) is 13.1. The fourth-order valence-electron chi connectivity index (χ4n) is 4.44. The number of ether oxygens (including phenoxy) is 1. The highest BCUT2D eigenvalue weighted by atomic mass is 32.2. The molecule has 0 saturated heterocycles. The Labute approximate surface area is 235 Å². The first kappa shape index (κ1) is 28.5. The van der Waals surface area contributed by atoms with Gasteiger partial charge < -0.3 is 10.1 Å². The molecule has 0 fully saturated rings. The summed E-state index contributed by atoms with van der Waals surface area (Å²) in [6.45, 7) is 13.9. The van der Waals surface area contributed by atoms with Gasteiger partial charge in [0, 0.05) is 49.1 Å². The van der Waals surface area contributed by atoms with E-state index in [4.69, 9.17) is 14.7 Å². The van der Waals surface area contributed by atoms with Gasteiger partial charge in [0.2, 0.25) is 11.8 Å². The van der Waals surface area contributed by atoms with Crippen molar-refractivity contribution in [1.29, 1.82) is 0 Å². The standard InChI is InChI=1S/C29H38N8OS/c1-19-10-8-11-20(2)27(19)23-15-25(34-28(33-23)36-39-26-14-21(3)35-37(26)7)38-18-22(16-29(4,5)6)32-17-24-30-12-9-13-31-24/h8-15,22,32H,16-18H2,1-7H3,(H,33,34,36). The van der Waals surface area contributed by atoms with Crippen LogP contribution in [-0.4, -0.2) is 42.4 Å². The zero-order valence-electron chi connectivity index (χ0n) is 23.8. The van der Waals surface area contributed by atoms with Gasteiger partial charge in [0.25, 0.3) is 0 Å². The van der Waals surface area contributed by atoms with Crippen molar-refractivity contribution in [3.8, 4) is 17.1 Å². The Kier molecular flexibility index (Phi) is 9.19. The van der Waals surface area contributed by atoms with Crippen molar-refractivity contribution < 1.29 is 4.74 Å². The second kappa shape index (κ2) is 12.6. The Bertz CT molecular complexity index is 1360. The summed E-state index contributed by atoms with van der Waals surface area (Å²) in [5.41, 5.74) is 5.26. The van der Waals surface area contributed by atoms with Crippen molar-refractivity contribution in [3.05, 3.63) is 71.4 Å². The van der Waals surface area contributed by atoms with Crippen LogP contribution in [0.4, 0.5) is 5.95 Å². The third-order valence-electron chi connectivity index (χ3n) is 6.11. The Morgan fingerprint density at radius 1 is 1.00 bits per heavy atom. The molecule has 4 rings (SSSR count). The number of hydrogen-bond donors (Lipinski definition) is 2. The van der Waals surface area contributed by atoms with Crippen LogP contribution in [0.1, 0.15) is 49.8 Å². The van der Waals surface area contributed by atoms with E-state index in [-0.39, 0.29) is 11.5 Å². The third-order valence-corrected chi connectivity index (χ3v) is 6.98. The van der Waals surface area contributed by atoms with Crippen LogP contribution in [0.5, 0.6) is 5.88 Å². The zero-order chi connectivity index (χ0) is 28.0. The summed E-state index contributed by atoms with van der Waals surface area (Å²) in [4.78, 5) is 18.2. The smallest absolute Gasteiger partial charge is 0.237 e. The largest absolute Gasteiger partial charge is 0.476 e. The first-order chi connectivity index (χ1) is 18.6. The highest BCUT2D eigenvalue weighted by Gasteiger charge is 2.21. The molecule has 9 nitrogen and oxygen atoms in total. The number of aryl methyl sites for hydroxylation is 4. The van der Waals surface area contributed by atoms with Crippen molar-refractivity contribution >= 4 is 17.9 Å². The highest BCUT2D eigenvalue weighted by molar-refractivity contribution is 8.00. The molecular weight excluding hydrogens is 508 g/mol. The number of nitrogens with one attached hydrogen (secondary N) is 2. The number of rotatable bonds is 11. The van der Waals surface area contributed by atoms with E-state index >= 15 is 0 Å². The van der Waals surface area contributed by atoms with Gasteiger partial charge in [0.1, 0.15) is 17.5 Å². The highest BCUT2D eigenvalue weighted by Crippen LogP contribution is 2.30. The van der Waals surface area contributed by atoms with Gasteiger partial charge in [-0.3, -0.25) is 9.40 Å². The van der Waals surface area contributed by atoms with Crippen molar-refractivity contribution in [3.63, 3.8) is 0 Å². The fourth-order valence-corrected chi connectivity index (χ4v) is 5.13. The van der Waals surface area contributed by atoms with Gasteiger partial charge in [-0.2, -0.15) is 10.1 Å². The summed E-state index contributed by atoms with van der Waals surface area (Å²) < 4.78 is 11.5. The van der Waals surface area contributed by atoms with Crippen LogP contribution in [0.25, 0.3) is 11.3 Å². The molecule has 1 unspecified atom stereocenters. The van der Waals surface area contributed by atoms with Crippen LogP contribution in [0.15, 0.2) is 53.8 Å². The molecular formula is C29H38N8OS. The Balaban J connectivity index is 1.57. The number of nitrogens with zero attached hydrogens (tertiary/aromatic N) is 6. The van der Waals surface area contributed by atoms with Crippen LogP contribution in [0.3, 0.4) is 0 Å². The lowest BCUT2D eigenvalue weighted by molar-refractivity contribution is 0.208. The maximum absolute atomic E-state index is 6.34. The van der Waals surface area contributed by atoms with E-state index in [9.17, 15) is 0 Å². The van der Waals surface area contributed by atoms with E-state index < -0.39 is 0 Å². The molecule has 0 bridgehead atoms. The number of hydrogen-bond acceptors (Lipinski definition) is 9. The Morgan fingerprint density at radius 3 is 2.36 bits per heavy atom. The molecule has 1 atom stereocenters. The van der Waals surface area contributed by atoms with Crippen LogP contribution in [0, 0.1) is 26.2 Å². The van der Waals surface area contributed by atoms with Gasteiger partial charge in [0.05, 0.1) is 17.9 Å². The summed E-state index contributed by atoms with van der Waals surface area (Å²) >= 11 is 1.42. The second-order valence-corrected chi connectivity index (χ2v) is 11.8. The number of aromatic nitrogens is 6. The van der Waals surface area contributed by atoms with Crippen LogP contribution in [-0.2, 0) is 13.6 Å². The van der Waals surface area contributed by atoms with Crippen LogP contribution in [0.2, 0.25) is 0 Å². The van der Waals surface area contributed by atoms with E-state index in [1.54, 1.807) is 12.4 Å². The molecule has 0 aliphatic heterocycles. The summed E-state index contributed by atoms with van der Waals surface area (Å²) in [7, 11) is 1.92. The molecule has 0 spiro atoms. The van der Waals surface area contributed by atoms with Crippen molar-refractivity contribution in [1.82, 2.24) is 35.0 Å². The average molecular weight is 547 g/mol. The lowest BCUT2D eigenvalue weighted by Crippen LogP contribution is -2.38. The van der Waals surface area contributed by atoms with Crippen LogP contribution < -0.4 is 14.8 Å². The van der Waals surface area contributed by atoms with E-state index in [1.807, 2.05) is 36.9 Å². The maximum atomic E-state index is 6.34. The molecule has 3 aromatic heterocycles. The predicted molar refractivity (Wildman–Crippen MR) is 157 cm³/mol. The normalized spacial score (nSPS) is 12.4. The molecule has 10 heteroatoms. The van der Waals surface area contributed by atoms with E-state index in [2.05, 4.69) is 77.9 Å². The van der Waals surface area contributed by atoms with Crippen molar-refractivity contribution in [2.24, 2.45) is 12.5 Å². The SMILES string of the molecule is Cc1cc(SNc2nc(OCC(CC(C)(C)C)NCc3ncccn3)cc(-c3c(C)cccc3C)n2)n(C)n1. The van der Waals surface area contributed by atoms with Gasteiger partial charge in [-0.25, -0.2) is 15.0 Å². The minimum atomic E-state index is 0.0793. The molecule has 1 aromatic carbocycles. The quantitative estimate of drug-likeness (QED) is 0.230. The van der Waals surface area contributed by atoms with E-state index in [1.165, 1.54) is 11.9 Å². The molecule has 206 valence electrons. The molecule has 4 aromatic rings. The van der Waals surface area contributed by atoms with Crippen molar-refractivity contribution in [2.75, 3.05) is 11.3 Å². The molecule has 39 heavy (non-hydrogen) atoms. The molecule has 0 amide bonds. The topological polar surface area (TPSA) is 103 Å². The molecule has 0 aliphatic carbocycles. The van der Waals surface area contributed by atoms with E-state index in [0.717, 1.165) is 45.3 Å². The van der Waals surface area contributed by atoms with Gasteiger partial charge in [0.15, 0.2) is 0 Å². The van der Waals surface area contributed by atoms with Gasteiger partial charge in [-0.15, -0.1) is 0 Å². The lowest BCUT2D eigenvalue weighted by Gasteiger charge is -2.26. The second-order valence-electron chi connectivity index (χ2n) is 11.0. The number of benzene rings is 1. The molecule has 3 heterocycles. The maximum Gasteiger partial charge on any atom is 0.237 e. The average Bonchev–Trinajstić information content (AvgIpc) is 3.20. The minimum Gasteiger partial charge on any atom is -0.476 e. The minimum absolute atomic E-state index is 0.0793. The lowest BCUT2D eigenvalue weighted by atomic mass is 9.88. The summed E-state index contributed by atoms with van der Waals surface area (Å²) in [5.74, 6) is 1.75. The fraction of sp³-hybridized carbons (Fsp3) is 0.414. The Hall–Kier alpha value is -3.50. The zero-order valence-corrected chi connectivity index (χ0v) is 24.6. The third kappa shape index (κ3) is 8.24. The molecule has 0 saturated carbocycles. The Morgan fingerprint density at radius 2 is 1.72 bits per heavy atom. The summed E-state index contributed by atoms with van der Waals surface area (Å²) in [6, 6.07) is 12.1. The predicted octanol–water partition coefficient (Wildman–Crippen LogP) is 5.68. The molecule has 2 N–H and O–H groups in total. The van der Waals surface area contributed by atoms with Gasteiger partial charge >= 0.3 is 0 Å². The molecule has 0 radical (unpaired) electrons.